The lowest BCUT2D eigenvalue weighted by Crippen LogP contribution is -2.44. The van der Waals surface area contributed by atoms with Crippen LogP contribution in [0.3, 0.4) is 0 Å². The van der Waals surface area contributed by atoms with E-state index in [1.807, 2.05) is 6.92 Å². The Hall–Kier alpha value is -1.69. The lowest BCUT2D eigenvalue weighted by molar-refractivity contribution is 0.0717. The minimum atomic E-state index is -3.67. The van der Waals surface area contributed by atoms with Crippen LogP contribution in [0.1, 0.15) is 43.2 Å². The molecule has 0 N–H and O–H groups in total. The monoisotopic (exact) mass is 401 g/mol. The zero-order valence-electron chi connectivity index (χ0n) is 17.1. The van der Waals surface area contributed by atoms with Crippen LogP contribution < -0.4 is 0 Å². The van der Waals surface area contributed by atoms with E-state index in [4.69, 9.17) is 4.18 Å². The molecule has 0 unspecified atom stereocenters. The van der Waals surface area contributed by atoms with E-state index in [-0.39, 0.29) is 17.0 Å². The molecule has 0 atom stereocenters. The van der Waals surface area contributed by atoms with Gasteiger partial charge >= 0.3 is 0 Å². The summed E-state index contributed by atoms with van der Waals surface area (Å²) in [4.78, 5) is 2.58. The molecule has 2 aromatic rings. The molecule has 1 aliphatic carbocycles. The molecule has 0 heterocycles. The van der Waals surface area contributed by atoms with Gasteiger partial charge in [0.05, 0.1) is 11.5 Å². The van der Waals surface area contributed by atoms with Crippen LogP contribution in [-0.4, -0.2) is 34.0 Å². The second-order valence-electron chi connectivity index (χ2n) is 8.11. The van der Waals surface area contributed by atoms with Gasteiger partial charge in [-0.1, -0.05) is 48.0 Å². The van der Waals surface area contributed by atoms with E-state index in [9.17, 15) is 8.42 Å². The summed E-state index contributed by atoms with van der Waals surface area (Å²) in [5, 5.41) is 0. The van der Waals surface area contributed by atoms with Crippen molar-refractivity contribution in [1.29, 1.82) is 0 Å². The van der Waals surface area contributed by atoms with E-state index in [0.717, 1.165) is 37.7 Å². The Bertz CT molecular complexity index is 852. The highest BCUT2D eigenvalue weighted by Gasteiger charge is 2.38. The summed E-state index contributed by atoms with van der Waals surface area (Å²) in [7, 11) is 0.649. The van der Waals surface area contributed by atoms with Gasteiger partial charge in [0, 0.05) is 5.54 Å². The van der Waals surface area contributed by atoms with Crippen LogP contribution in [0.15, 0.2) is 59.5 Å². The number of aryl methyl sites for hydroxylation is 1. The van der Waals surface area contributed by atoms with Gasteiger partial charge < -0.3 is 0 Å². The molecule has 0 bridgehead atoms. The zero-order valence-corrected chi connectivity index (χ0v) is 17.9. The van der Waals surface area contributed by atoms with E-state index in [1.54, 1.807) is 24.3 Å². The van der Waals surface area contributed by atoms with E-state index in [0.29, 0.717) is 5.92 Å². The van der Waals surface area contributed by atoms with Crippen LogP contribution >= 0.6 is 0 Å². The zero-order chi connectivity index (χ0) is 20.2. The Morgan fingerprint density at radius 2 is 1.61 bits per heavy atom. The lowest BCUT2D eigenvalue weighted by atomic mass is 9.71. The summed E-state index contributed by atoms with van der Waals surface area (Å²) in [6.45, 7) is 2.19. The van der Waals surface area contributed by atoms with Crippen molar-refractivity contribution in [3.8, 4) is 0 Å². The predicted molar refractivity (Wildman–Crippen MR) is 113 cm³/mol. The van der Waals surface area contributed by atoms with Crippen molar-refractivity contribution < 1.29 is 12.6 Å². The first-order valence-electron chi connectivity index (χ1n) is 10.0. The van der Waals surface area contributed by atoms with Crippen LogP contribution in [0.25, 0.3) is 0 Å². The first-order chi connectivity index (χ1) is 13.3. The molecule has 2 aromatic carbocycles. The topological polar surface area (TPSA) is 46.6 Å². The van der Waals surface area contributed by atoms with Gasteiger partial charge in [-0.25, -0.2) is 0 Å². The van der Waals surface area contributed by atoms with E-state index in [1.165, 1.54) is 5.56 Å². The van der Waals surface area contributed by atoms with E-state index >= 15 is 0 Å². The summed E-state index contributed by atoms with van der Waals surface area (Å²) in [6, 6.07) is 17.5. The van der Waals surface area contributed by atoms with E-state index in [2.05, 4.69) is 49.3 Å². The third-order valence-electron chi connectivity index (χ3n) is 6.17. The van der Waals surface area contributed by atoms with Crippen LogP contribution in [0.5, 0.6) is 0 Å². The highest BCUT2D eigenvalue weighted by Crippen LogP contribution is 2.43. The molecule has 0 spiro atoms. The molecule has 4 nitrogen and oxygen atoms in total. The maximum atomic E-state index is 12.3. The van der Waals surface area contributed by atoms with Crippen molar-refractivity contribution in [3.63, 3.8) is 0 Å². The maximum Gasteiger partial charge on any atom is 0.296 e. The van der Waals surface area contributed by atoms with E-state index < -0.39 is 10.1 Å². The van der Waals surface area contributed by atoms with Crippen LogP contribution in [0, 0.1) is 12.8 Å². The molecule has 5 heteroatoms. The minimum absolute atomic E-state index is 0.0760. The smallest absolute Gasteiger partial charge is 0.296 e. The number of hydrogen-bond acceptors (Lipinski definition) is 4. The van der Waals surface area contributed by atoms with Gasteiger partial charge in [-0.2, -0.15) is 8.42 Å². The molecule has 0 aliphatic heterocycles. The first kappa shape index (κ1) is 21.0. The number of benzene rings is 2. The Kier molecular flexibility index (Phi) is 6.58. The second-order valence-corrected chi connectivity index (χ2v) is 9.73. The van der Waals surface area contributed by atoms with Gasteiger partial charge in [-0.3, -0.25) is 9.08 Å². The van der Waals surface area contributed by atoms with Crippen molar-refractivity contribution in [3.05, 3.63) is 65.7 Å². The molecule has 0 radical (unpaired) electrons. The summed E-state index contributed by atoms with van der Waals surface area (Å²) in [5.74, 6) is 0.505. The average Bonchev–Trinajstić information content (AvgIpc) is 2.69. The van der Waals surface area contributed by atoms with Gasteiger partial charge in [-0.05, 0) is 76.7 Å². The van der Waals surface area contributed by atoms with Crippen molar-refractivity contribution in [2.45, 2.75) is 49.5 Å². The molecular formula is C23H31NO3S. The molecule has 28 heavy (non-hydrogen) atoms. The van der Waals surface area contributed by atoms with Crippen LogP contribution in [0.2, 0.25) is 0 Å². The molecule has 152 valence electrons. The van der Waals surface area contributed by atoms with Gasteiger partial charge in [-0.15, -0.1) is 0 Å². The number of nitrogens with zero attached hydrogens (tertiary/aromatic N) is 1. The molecule has 1 saturated carbocycles. The largest absolute Gasteiger partial charge is 0.300 e. The molecule has 1 fully saturated rings. The third-order valence-corrected chi connectivity index (χ3v) is 7.50. The lowest BCUT2D eigenvalue weighted by Gasteiger charge is -2.45. The summed E-state index contributed by atoms with van der Waals surface area (Å²) < 4.78 is 30.0. The third kappa shape index (κ3) is 4.65. The quantitative estimate of drug-likeness (QED) is 0.629. The number of hydrogen-bond donors (Lipinski definition) is 0. The first-order valence-corrected chi connectivity index (χ1v) is 11.4. The fraction of sp³-hybridized carbons (Fsp3) is 0.478. The van der Waals surface area contributed by atoms with Crippen molar-refractivity contribution >= 4 is 10.1 Å². The normalized spacial score (nSPS) is 23.1. The van der Waals surface area contributed by atoms with Crippen LogP contribution in [0.4, 0.5) is 0 Å². The fourth-order valence-corrected chi connectivity index (χ4v) is 5.20. The molecule has 0 amide bonds. The second kappa shape index (κ2) is 8.76. The van der Waals surface area contributed by atoms with Gasteiger partial charge in [0.25, 0.3) is 10.1 Å². The van der Waals surface area contributed by atoms with Crippen molar-refractivity contribution in [2.24, 2.45) is 5.92 Å². The van der Waals surface area contributed by atoms with Crippen LogP contribution in [-0.2, 0) is 19.8 Å². The van der Waals surface area contributed by atoms with Crippen molar-refractivity contribution in [1.82, 2.24) is 4.90 Å². The standard InChI is InChI=1S/C23H31NO3S/c1-19-9-11-22(12-10-19)28(25,26)27-18-15-20-13-16-23(17-14-20,24(2)3)21-7-5-4-6-8-21/h4-12,20H,13-18H2,1-3H3. The Morgan fingerprint density at radius 1 is 1.00 bits per heavy atom. The van der Waals surface area contributed by atoms with Crippen molar-refractivity contribution in [2.75, 3.05) is 20.7 Å². The summed E-state index contributed by atoms with van der Waals surface area (Å²) >= 11 is 0. The maximum absolute atomic E-state index is 12.3. The number of rotatable bonds is 7. The summed E-state index contributed by atoms with van der Waals surface area (Å²) in [6.07, 6.45) is 5.12. The molecule has 0 saturated heterocycles. The Labute approximate surface area is 169 Å². The molecular weight excluding hydrogens is 370 g/mol. The summed E-state index contributed by atoms with van der Waals surface area (Å²) in [5.41, 5.74) is 2.48. The predicted octanol–water partition coefficient (Wildman–Crippen LogP) is 4.74. The molecule has 0 aromatic heterocycles. The van der Waals surface area contributed by atoms with Gasteiger partial charge in [0.15, 0.2) is 0 Å². The Balaban J connectivity index is 1.55. The SMILES string of the molecule is Cc1ccc(S(=O)(=O)OCCC2CCC(c3ccccc3)(N(C)C)CC2)cc1. The van der Waals surface area contributed by atoms with Gasteiger partial charge in [0.2, 0.25) is 0 Å². The highest BCUT2D eigenvalue weighted by molar-refractivity contribution is 7.86. The Morgan fingerprint density at radius 3 is 2.18 bits per heavy atom. The minimum Gasteiger partial charge on any atom is -0.300 e. The molecule has 3 rings (SSSR count). The van der Waals surface area contributed by atoms with Gasteiger partial charge in [0.1, 0.15) is 0 Å². The highest BCUT2D eigenvalue weighted by atomic mass is 32.2. The molecule has 1 aliphatic rings. The fourth-order valence-electron chi connectivity index (χ4n) is 4.28. The average molecular weight is 402 g/mol.